The first-order valence-corrected chi connectivity index (χ1v) is 5.69. The fraction of sp³-hybridized carbons (Fsp3) is 0.286. The van der Waals surface area contributed by atoms with Gasteiger partial charge in [-0.15, -0.1) is 0 Å². The molecule has 2 rings (SSSR count). The van der Waals surface area contributed by atoms with E-state index in [0.717, 1.165) is 37.1 Å². The number of aryl methyl sites for hydroxylation is 1. The van der Waals surface area contributed by atoms with Gasteiger partial charge in [-0.3, -0.25) is 4.98 Å². The van der Waals surface area contributed by atoms with Crippen molar-refractivity contribution < 1.29 is 4.42 Å². The maximum atomic E-state index is 5.27. The van der Waals surface area contributed by atoms with Crippen LogP contribution in [0.2, 0.25) is 0 Å². The minimum atomic E-state index is 0.957. The minimum Gasteiger partial charge on any atom is -0.469 e. The van der Waals surface area contributed by atoms with Gasteiger partial charge in [0.2, 0.25) is 0 Å². The Morgan fingerprint density at radius 1 is 1.19 bits per heavy atom. The fourth-order valence-electron chi connectivity index (χ4n) is 1.64. The van der Waals surface area contributed by atoms with Gasteiger partial charge >= 0.3 is 0 Å². The Labute approximate surface area is 96.3 Å². The number of unbranched alkanes of at least 4 members (excludes halogenated alkanes) is 2. The highest BCUT2D eigenvalue weighted by Crippen LogP contribution is 2.08. The highest BCUT2D eigenvalue weighted by atomic mass is 16.3. The Morgan fingerprint density at radius 2 is 2.19 bits per heavy atom. The zero-order chi connectivity index (χ0) is 11.1. The number of hydrogen-bond acceptors (Lipinski definition) is 2. The Balaban J connectivity index is 1.59. The van der Waals surface area contributed by atoms with Crippen molar-refractivity contribution in [3.05, 3.63) is 60.7 Å². The summed E-state index contributed by atoms with van der Waals surface area (Å²) in [6.45, 7) is 0. The summed E-state index contributed by atoms with van der Waals surface area (Å²) in [6, 6.07) is 9.99. The average molecular weight is 214 g/mol. The van der Waals surface area contributed by atoms with Crippen molar-refractivity contribution in [1.29, 1.82) is 0 Å². The summed E-state index contributed by atoms with van der Waals surface area (Å²) in [5.74, 6) is 1.08. The number of aromatic nitrogens is 1. The van der Waals surface area contributed by atoms with E-state index in [1.165, 1.54) is 0 Å². The molecule has 0 fully saturated rings. The van der Waals surface area contributed by atoms with Crippen molar-refractivity contribution in [2.24, 2.45) is 0 Å². The van der Waals surface area contributed by atoms with Crippen molar-refractivity contribution in [3.63, 3.8) is 0 Å². The number of nitrogens with zero attached hydrogens (tertiary/aromatic N) is 1. The highest BCUT2D eigenvalue weighted by molar-refractivity contribution is 5.05. The summed E-state index contributed by atoms with van der Waals surface area (Å²) in [5.41, 5.74) is 1.14. The number of rotatable bonds is 6. The van der Waals surface area contributed by atoms with Crippen molar-refractivity contribution in [1.82, 2.24) is 4.98 Å². The van der Waals surface area contributed by atoms with Gasteiger partial charge < -0.3 is 4.42 Å². The molecule has 16 heavy (non-hydrogen) atoms. The van der Waals surface area contributed by atoms with Gasteiger partial charge in [0.05, 0.1) is 6.26 Å². The van der Waals surface area contributed by atoms with Crippen molar-refractivity contribution in [2.75, 3.05) is 0 Å². The van der Waals surface area contributed by atoms with Gasteiger partial charge in [0.1, 0.15) is 5.76 Å². The Morgan fingerprint density at radius 3 is 2.94 bits per heavy atom. The zero-order valence-electron chi connectivity index (χ0n) is 9.30. The fourth-order valence-corrected chi connectivity index (χ4v) is 1.64. The van der Waals surface area contributed by atoms with E-state index in [9.17, 15) is 0 Å². The number of furan rings is 1. The van der Waals surface area contributed by atoms with Gasteiger partial charge in [0.25, 0.3) is 0 Å². The Hall–Kier alpha value is -1.57. The van der Waals surface area contributed by atoms with E-state index in [0.29, 0.717) is 0 Å². The molecule has 0 atom stereocenters. The molecule has 0 N–H and O–H groups in total. The van der Waals surface area contributed by atoms with Crippen LogP contribution in [-0.2, 0) is 12.8 Å². The predicted molar refractivity (Wildman–Crippen MR) is 63.9 cm³/mol. The first-order valence-electron chi connectivity index (χ1n) is 5.69. The van der Waals surface area contributed by atoms with E-state index < -0.39 is 0 Å². The molecular weight excluding hydrogens is 198 g/mol. The molecule has 2 aromatic heterocycles. The van der Waals surface area contributed by atoms with Crippen LogP contribution in [0.1, 0.15) is 24.3 Å². The highest BCUT2D eigenvalue weighted by Gasteiger charge is 1.97. The standard InChI is InChI=1S/C14H16NO/c1(3-9-14-10-6-12-16-14)2-7-13-8-4-5-11-15-13/h2,4-6,8,10-12H,1,3,7,9H2. The summed E-state index contributed by atoms with van der Waals surface area (Å²) in [4.78, 5) is 4.28. The molecule has 0 bridgehead atoms. The third-order valence-corrected chi connectivity index (χ3v) is 2.49. The third kappa shape index (κ3) is 3.54. The van der Waals surface area contributed by atoms with Crippen LogP contribution in [-0.4, -0.2) is 4.98 Å². The molecule has 0 aliphatic heterocycles. The normalized spacial score (nSPS) is 10.5. The topological polar surface area (TPSA) is 26.0 Å². The monoisotopic (exact) mass is 214 g/mol. The number of hydrogen-bond donors (Lipinski definition) is 0. The second-order valence-electron chi connectivity index (χ2n) is 3.79. The molecule has 2 heteroatoms. The quantitative estimate of drug-likeness (QED) is 0.688. The van der Waals surface area contributed by atoms with E-state index in [-0.39, 0.29) is 0 Å². The lowest BCUT2D eigenvalue weighted by atomic mass is 10.1. The van der Waals surface area contributed by atoms with Crippen molar-refractivity contribution in [3.8, 4) is 0 Å². The second-order valence-corrected chi connectivity index (χ2v) is 3.79. The third-order valence-electron chi connectivity index (χ3n) is 2.49. The number of pyridine rings is 1. The van der Waals surface area contributed by atoms with Gasteiger partial charge in [-0.2, -0.15) is 0 Å². The van der Waals surface area contributed by atoms with E-state index in [1.54, 1.807) is 6.26 Å². The molecule has 0 saturated carbocycles. The maximum Gasteiger partial charge on any atom is 0.103 e. The molecule has 0 aliphatic rings. The lowest BCUT2D eigenvalue weighted by Gasteiger charge is -1.99. The molecule has 1 radical (unpaired) electrons. The molecule has 0 aromatic carbocycles. The van der Waals surface area contributed by atoms with Crippen LogP contribution in [0, 0.1) is 6.42 Å². The van der Waals surface area contributed by atoms with Gasteiger partial charge in [-0.1, -0.05) is 6.07 Å². The summed E-state index contributed by atoms with van der Waals surface area (Å²) < 4.78 is 5.27. The van der Waals surface area contributed by atoms with Gasteiger partial charge in [-0.25, -0.2) is 0 Å². The SMILES string of the molecule is [CH](CCCc1ccco1)Cc1ccccn1. The minimum absolute atomic E-state index is 0.957. The predicted octanol–water partition coefficient (Wildman–Crippen LogP) is 3.44. The van der Waals surface area contributed by atoms with Crippen LogP contribution < -0.4 is 0 Å². The van der Waals surface area contributed by atoms with Crippen LogP contribution in [0.15, 0.2) is 47.2 Å². The summed E-state index contributed by atoms with van der Waals surface area (Å²) >= 11 is 0. The molecule has 2 aromatic rings. The van der Waals surface area contributed by atoms with Gasteiger partial charge in [0.15, 0.2) is 0 Å². The molecular formula is C14H16NO. The molecule has 0 spiro atoms. The molecule has 0 amide bonds. The smallest absolute Gasteiger partial charge is 0.103 e. The van der Waals surface area contributed by atoms with Gasteiger partial charge in [-0.05, 0) is 49.9 Å². The largest absolute Gasteiger partial charge is 0.469 e. The van der Waals surface area contributed by atoms with Crippen molar-refractivity contribution in [2.45, 2.75) is 25.7 Å². The van der Waals surface area contributed by atoms with Crippen molar-refractivity contribution >= 4 is 0 Å². The molecule has 0 saturated heterocycles. The maximum absolute atomic E-state index is 5.27. The lowest BCUT2D eigenvalue weighted by Crippen LogP contribution is -1.91. The first-order chi connectivity index (χ1) is 7.95. The van der Waals surface area contributed by atoms with E-state index in [2.05, 4.69) is 17.5 Å². The summed E-state index contributed by atoms with van der Waals surface area (Å²) in [6.07, 6.45) is 10.1. The zero-order valence-corrected chi connectivity index (χ0v) is 9.30. The van der Waals surface area contributed by atoms with Crippen LogP contribution in [0.3, 0.4) is 0 Å². The van der Waals surface area contributed by atoms with Crippen LogP contribution in [0.5, 0.6) is 0 Å². The summed E-state index contributed by atoms with van der Waals surface area (Å²) in [7, 11) is 0. The Bertz CT molecular complexity index is 380. The first kappa shape index (κ1) is 10.9. The van der Waals surface area contributed by atoms with Crippen LogP contribution >= 0.6 is 0 Å². The summed E-state index contributed by atoms with van der Waals surface area (Å²) in [5, 5.41) is 0. The van der Waals surface area contributed by atoms with E-state index in [4.69, 9.17) is 4.42 Å². The van der Waals surface area contributed by atoms with Crippen LogP contribution in [0.25, 0.3) is 0 Å². The molecule has 2 heterocycles. The molecule has 0 aliphatic carbocycles. The molecule has 83 valence electrons. The van der Waals surface area contributed by atoms with E-state index >= 15 is 0 Å². The second kappa shape index (κ2) is 6.11. The lowest BCUT2D eigenvalue weighted by molar-refractivity contribution is 0.501. The Kier molecular flexibility index (Phi) is 4.17. The molecule has 0 unspecified atom stereocenters. The van der Waals surface area contributed by atoms with E-state index in [1.807, 2.05) is 30.5 Å². The average Bonchev–Trinajstić information content (AvgIpc) is 2.83. The molecule has 2 nitrogen and oxygen atoms in total. The van der Waals surface area contributed by atoms with Gasteiger partial charge in [0, 0.05) is 18.3 Å². The van der Waals surface area contributed by atoms with Crippen LogP contribution in [0.4, 0.5) is 0 Å².